The summed E-state index contributed by atoms with van der Waals surface area (Å²) in [7, 11) is 0. The van der Waals surface area contributed by atoms with E-state index in [-0.39, 0.29) is 11.5 Å². The van der Waals surface area contributed by atoms with E-state index in [4.69, 9.17) is 4.84 Å². The molecule has 1 fully saturated rings. The van der Waals surface area contributed by atoms with Crippen molar-refractivity contribution in [1.29, 1.82) is 0 Å². The van der Waals surface area contributed by atoms with Gasteiger partial charge in [0.15, 0.2) is 0 Å². The maximum atomic E-state index is 13.6. The van der Waals surface area contributed by atoms with Gasteiger partial charge in [0.25, 0.3) is 5.91 Å². The number of fused-ring (bicyclic) bond motifs is 1. The first kappa shape index (κ1) is 12.0. The van der Waals surface area contributed by atoms with Gasteiger partial charge in [0.1, 0.15) is 5.82 Å². The van der Waals surface area contributed by atoms with E-state index in [2.05, 4.69) is 4.98 Å². The Morgan fingerprint density at radius 1 is 1.37 bits per heavy atom. The average molecular weight is 260 g/mol. The molecule has 0 unspecified atom stereocenters. The predicted molar refractivity (Wildman–Crippen MR) is 67.9 cm³/mol. The van der Waals surface area contributed by atoms with Crippen molar-refractivity contribution in [2.24, 2.45) is 0 Å². The van der Waals surface area contributed by atoms with Crippen molar-refractivity contribution in [3.05, 3.63) is 41.8 Å². The SMILES string of the molecule is O=C(c1cc(F)cc2cccnc12)N1CCCCO1. The third-order valence-electron chi connectivity index (χ3n) is 3.13. The lowest BCUT2D eigenvalue weighted by Gasteiger charge is -2.26. The Balaban J connectivity index is 2.05. The molecule has 0 N–H and O–H groups in total. The Hall–Kier alpha value is -2.01. The summed E-state index contributed by atoms with van der Waals surface area (Å²) in [6.45, 7) is 1.05. The zero-order valence-electron chi connectivity index (χ0n) is 10.3. The van der Waals surface area contributed by atoms with Crippen LogP contribution >= 0.6 is 0 Å². The second-order valence-corrected chi connectivity index (χ2v) is 4.48. The molecule has 0 atom stereocenters. The van der Waals surface area contributed by atoms with Gasteiger partial charge < -0.3 is 0 Å². The molecular weight excluding hydrogens is 247 g/mol. The topological polar surface area (TPSA) is 42.4 Å². The molecule has 1 aliphatic heterocycles. The summed E-state index contributed by atoms with van der Waals surface area (Å²) in [5.41, 5.74) is 0.751. The van der Waals surface area contributed by atoms with Gasteiger partial charge in [-0.2, -0.15) is 0 Å². The van der Waals surface area contributed by atoms with E-state index in [1.165, 1.54) is 17.2 Å². The molecule has 5 heteroatoms. The Labute approximate surface area is 109 Å². The van der Waals surface area contributed by atoms with Gasteiger partial charge in [0.2, 0.25) is 0 Å². The average Bonchev–Trinajstić information content (AvgIpc) is 2.46. The molecule has 3 rings (SSSR count). The van der Waals surface area contributed by atoms with E-state index in [0.717, 1.165) is 12.8 Å². The van der Waals surface area contributed by atoms with E-state index < -0.39 is 5.82 Å². The number of hydroxylamine groups is 2. The van der Waals surface area contributed by atoms with Crippen molar-refractivity contribution >= 4 is 16.8 Å². The largest absolute Gasteiger partial charge is 0.279 e. The predicted octanol–water partition coefficient (Wildman–Crippen LogP) is 2.54. The third kappa shape index (κ3) is 2.29. The van der Waals surface area contributed by atoms with Gasteiger partial charge in [-0.1, -0.05) is 6.07 Å². The van der Waals surface area contributed by atoms with Crippen LogP contribution in [0.4, 0.5) is 4.39 Å². The maximum absolute atomic E-state index is 13.6. The lowest BCUT2D eigenvalue weighted by molar-refractivity contribution is -0.144. The first-order chi connectivity index (χ1) is 9.25. The molecule has 1 aromatic heterocycles. The maximum Gasteiger partial charge on any atom is 0.279 e. The van der Waals surface area contributed by atoms with Crippen molar-refractivity contribution in [3.63, 3.8) is 0 Å². The fourth-order valence-electron chi connectivity index (χ4n) is 2.21. The number of aromatic nitrogens is 1. The van der Waals surface area contributed by atoms with Crippen LogP contribution in [0.2, 0.25) is 0 Å². The molecule has 0 bridgehead atoms. The van der Waals surface area contributed by atoms with Crippen LogP contribution in [0.5, 0.6) is 0 Å². The van der Waals surface area contributed by atoms with Crippen molar-refractivity contribution < 1.29 is 14.0 Å². The van der Waals surface area contributed by atoms with Crippen LogP contribution in [-0.2, 0) is 4.84 Å². The summed E-state index contributed by atoms with van der Waals surface area (Å²) in [5.74, 6) is -0.774. The van der Waals surface area contributed by atoms with E-state index in [0.29, 0.717) is 24.1 Å². The molecule has 19 heavy (non-hydrogen) atoms. The van der Waals surface area contributed by atoms with Crippen molar-refractivity contribution in [2.75, 3.05) is 13.2 Å². The number of benzene rings is 1. The van der Waals surface area contributed by atoms with Gasteiger partial charge in [-0.3, -0.25) is 14.6 Å². The highest BCUT2D eigenvalue weighted by Gasteiger charge is 2.22. The van der Waals surface area contributed by atoms with Gasteiger partial charge in [-0.25, -0.2) is 9.45 Å². The van der Waals surface area contributed by atoms with Crippen LogP contribution in [0.1, 0.15) is 23.2 Å². The Bertz CT molecular complexity index is 624. The molecule has 0 spiro atoms. The lowest BCUT2D eigenvalue weighted by Crippen LogP contribution is -2.35. The van der Waals surface area contributed by atoms with Crippen molar-refractivity contribution in [3.8, 4) is 0 Å². The highest BCUT2D eigenvalue weighted by Crippen LogP contribution is 2.21. The molecule has 0 aliphatic carbocycles. The van der Waals surface area contributed by atoms with Crippen LogP contribution < -0.4 is 0 Å². The zero-order chi connectivity index (χ0) is 13.2. The molecule has 1 aliphatic rings. The molecule has 0 radical (unpaired) electrons. The molecular formula is C14H13FN2O2. The lowest BCUT2D eigenvalue weighted by atomic mass is 10.1. The second kappa shape index (κ2) is 4.93. The number of halogens is 1. The molecule has 98 valence electrons. The number of pyridine rings is 1. The molecule has 1 saturated heterocycles. The van der Waals surface area contributed by atoms with Gasteiger partial charge in [-0.15, -0.1) is 0 Å². The molecule has 2 heterocycles. The van der Waals surface area contributed by atoms with Crippen LogP contribution in [0.3, 0.4) is 0 Å². The summed E-state index contributed by atoms with van der Waals surface area (Å²) in [6, 6.07) is 6.04. The minimum absolute atomic E-state index is 0.248. The number of amides is 1. The smallest absolute Gasteiger partial charge is 0.271 e. The van der Waals surface area contributed by atoms with Crippen molar-refractivity contribution in [1.82, 2.24) is 10.0 Å². The number of carbonyl (C=O) groups excluding carboxylic acids is 1. The van der Waals surface area contributed by atoms with Crippen LogP contribution in [0.25, 0.3) is 10.9 Å². The highest BCUT2D eigenvalue weighted by atomic mass is 19.1. The standard InChI is InChI=1S/C14H13FN2O2/c15-11-8-10-4-3-5-16-13(10)12(9-11)14(18)17-6-1-2-7-19-17/h3-5,8-9H,1-2,6-7H2. The number of nitrogens with zero attached hydrogens (tertiary/aromatic N) is 2. The summed E-state index contributed by atoms with van der Waals surface area (Å²) in [6.07, 6.45) is 3.42. The van der Waals surface area contributed by atoms with Crippen LogP contribution in [0.15, 0.2) is 30.5 Å². The van der Waals surface area contributed by atoms with E-state index in [1.54, 1.807) is 18.3 Å². The number of hydrogen-bond donors (Lipinski definition) is 0. The normalized spacial score (nSPS) is 15.7. The summed E-state index contributed by atoms with van der Waals surface area (Å²) in [5, 5.41) is 1.91. The number of rotatable bonds is 1. The fraction of sp³-hybridized carbons (Fsp3) is 0.286. The minimum atomic E-state index is -0.444. The monoisotopic (exact) mass is 260 g/mol. The minimum Gasteiger partial charge on any atom is -0.271 e. The summed E-state index contributed by atoms with van der Waals surface area (Å²) < 4.78 is 13.6. The van der Waals surface area contributed by atoms with Gasteiger partial charge in [0, 0.05) is 18.1 Å². The Morgan fingerprint density at radius 3 is 3.05 bits per heavy atom. The van der Waals surface area contributed by atoms with Crippen LogP contribution in [-0.4, -0.2) is 29.1 Å². The van der Waals surface area contributed by atoms with Crippen LogP contribution in [0, 0.1) is 5.82 Å². The van der Waals surface area contributed by atoms with Gasteiger partial charge in [0.05, 0.1) is 17.7 Å². The Morgan fingerprint density at radius 2 is 2.26 bits per heavy atom. The quantitative estimate of drug-likeness (QED) is 0.791. The van der Waals surface area contributed by atoms with Crippen molar-refractivity contribution in [2.45, 2.75) is 12.8 Å². The van der Waals surface area contributed by atoms with Gasteiger partial charge in [-0.05, 0) is 31.0 Å². The van der Waals surface area contributed by atoms with E-state index in [1.807, 2.05) is 0 Å². The summed E-state index contributed by atoms with van der Waals surface area (Å²) in [4.78, 5) is 21.8. The fourth-order valence-corrected chi connectivity index (χ4v) is 2.21. The van der Waals surface area contributed by atoms with E-state index >= 15 is 0 Å². The molecule has 4 nitrogen and oxygen atoms in total. The molecule has 0 saturated carbocycles. The molecule has 1 amide bonds. The molecule has 2 aromatic rings. The van der Waals surface area contributed by atoms with E-state index in [9.17, 15) is 9.18 Å². The second-order valence-electron chi connectivity index (χ2n) is 4.48. The number of hydrogen-bond acceptors (Lipinski definition) is 3. The Kier molecular flexibility index (Phi) is 3.13. The summed E-state index contributed by atoms with van der Waals surface area (Å²) >= 11 is 0. The first-order valence-electron chi connectivity index (χ1n) is 6.25. The molecule has 1 aromatic carbocycles. The highest BCUT2D eigenvalue weighted by molar-refractivity contribution is 6.05. The first-order valence-corrected chi connectivity index (χ1v) is 6.25. The zero-order valence-corrected chi connectivity index (χ0v) is 10.3. The van der Waals surface area contributed by atoms with Gasteiger partial charge >= 0.3 is 0 Å². The number of carbonyl (C=O) groups is 1. The third-order valence-corrected chi connectivity index (χ3v) is 3.13.